The summed E-state index contributed by atoms with van der Waals surface area (Å²) in [6, 6.07) is 7.10. The maximum Gasteiger partial charge on any atom is 0.411 e. The highest BCUT2D eigenvalue weighted by Gasteiger charge is 2.27. The average molecular weight is 312 g/mol. The number of nitrogens with one attached hydrogen (secondary N) is 1. The molecular weight excluding hydrogens is 299 g/mol. The normalized spacial score (nSPS) is 13.7. The highest BCUT2D eigenvalue weighted by atomic mass is 79.9. The first-order valence-corrected chi connectivity index (χ1v) is 5.79. The molecule has 0 saturated heterocycles. The van der Waals surface area contributed by atoms with E-state index in [4.69, 9.17) is 0 Å². The minimum atomic E-state index is -4.28. The van der Waals surface area contributed by atoms with Crippen molar-refractivity contribution in [3.8, 4) is 0 Å². The van der Waals surface area contributed by atoms with Gasteiger partial charge in [-0.1, -0.05) is 28.1 Å². The summed E-state index contributed by atoms with van der Waals surface area (Å²) in [5.41, 5.74) is 0.887. The van der Waals surface area contributed by atoms with Gasteiger partial charge in [0.25, 0.3) is 0 Å². The molecular formula is C11H13BrF3NO. The molecule has 0 aliphatic rings. The first-order chi connectivity index (χ1) is 7.92. The maximum absolute atomic E-state index is 11.9. The standard InChI is InChI=1S/C11H13BrF3NO/c1-16-10(6-17-7-11(13,14)15)8-2-4-9(12)5-3-8/h2-5,10,16H,6-7H2,1H3. The Labute approximate surface area is 106 Å². The molecule has 1 rings (SSSR count). The summed E-state index contributed by atoms with van der Waals surface area (Å²) in [5, 5.41) is 2.92. The molecule has 0 heterocycles. The largest absolute Gasteiger partial charge is 0.411 e. The lowest BCUT2D eigenvalue weighted by atomic mass is 10.1. The SMILES string of the molecule is CNC(COCC(F)(F)F)c1ccc(Br)cc1. The quantitative estimate of drug-likeness (QED) is 0.901. The van der Waals surface area contributed by atoms with E-state index >= 15 is 0 Å². The molecule has 0 saturated carbocycles. The molecule has 1 aromatic carbocycles. The number of likely N-dealkylation sites (N-methyl/N-ethyl adjacent to an activating group) is 1. The molecule has 0 radical (unpaired) electrons. The van der Waals surface area contributed by atoms with Crippen molar-refractivity contribution in [1.82, 2.24) is 5.32 Å². The Morgan fingerprint density at radius 3 is 2.35 bits per heavy atom. The van der Waals surface area contributed by atoms with Crippen molar-refractivity contribution in [2.45, 2.75) is 12.2 Å². The molecule has 6 heteroatoms. The Kier molecular flexibility index (Phi) is 5.42. The van der Waals surface area contributed by atoms with Gasteiger partial charge in [0.1, 0.15) is 6.61 Å². The zero-order valence-corrected chi connectivity index (χ0v) is 10.8. The van der Waals surface area contributed by atoms with Crippen molar-refractivity contribution in [2.75, 3.05) is 20.3 Å². The Bertz CT molecular complexity index is 340. The van der Waals surface area contributed by atoms with Crippen LogP contribution in [0.2, 0.25) is 0 Å². The van der Waals surface area contributed by atoms with Crippen molar-refractivity contribution in [3.63, 3.8) is 0 Å². The summed E-state index contributed by atoms with van der Waals surface area (Å²) >= 11 is 3.29. The fraction of sp³-hybridized carbons (Fsp3) is 0.455. The fourth-order valence-corrected chi connectivity index (χ4v) is 1.60. The van der Waals surface area contributed by atoms with Crippen LogP contribution in [0.5, 0.6) is 0 Å². The van der Waals surface area contributed by atoms with Crippen LogP contribution >= 0.6 is 15.9 Å². The molecule has 0 aliphatic carbocycles. The Morgan fingerprint density at radius 1 is 1.29 bits per heavy atom. The highest BCUT2D eigenvalue weighted by molar-refractivity contribution is 9.10. The van der Waals surface area contributed by atoms with Gasteiger partial charge in [-0.05, 0) is 24.7 Å². The number of hydrogen-bond acceptors (Lipinski definition) is 2. The molecule has 0 aromatic heterocycles. The minimum Gasteiger partial charge on any atom is -0.370 e. The van der Waals surface area contributed by atoms with Gasteiger partial charge in [0.2, 0.25) is 0 Å². The third-order valence-electron chi connectivity index (χ3n) is 2.17. The summed E-state index contributed by atoms with van der Waals surface area (Å²) in [7, 11) is 1.68. The highest BCUT2D eigenvalue weighted by Crippen LogP contribution is 2.19. The molecule has 0 spiro atoms. The molecule has 1 atom stereocenters. The van der Waals surface area contributed by atoms with Crippen molar-refractivity contribution in [3.05, 3.63) is 34.3 Å². The predicted octanol–water partition coefficient (Wildman–Crippen LogP) is 3.29. The summed E-state index contributed by atoms with van der Waals surface area (Å²) in [5.74, 6) is 0. The van der Waals surface area contributed by atoms with Gasteiger partial charge in [0.05, 0.1) is 12.6 Å². The molecule has 0 bridgehead atoms. The van der Waals surface area contributed by atoms with Crippen LogP contribution in [0.3, 0.4) is 0 Å². The van der Waals surface area contributed by atoms with E-state index in [1.807, 2.05) is 24.3 Å². The lowest BCUT2D eigenvalue weighted by Gasteiger charge is -2.17. The summed E-state index contributed by atoms with van der Waals surface area (Å²) in [4.78, 5) is 0. The van der Waals surface area contributed by atoms with E-state index in [0.29, 0.717) is 0 Å². The van der Waals surface area contributed by atoms with E-state index in [2.05, 4.69) is 26.0 Å². The third kappa shape index (κ3) is 5.52. The summed E-state index contributed by atoms with van der Waals surface area (Å²) in [6.07, 6.45) is -4.28. The Morgan fingerprint density at radius 2 is 1.88 bits per heavy atom. The number of benzene rings is 1. The second-order valence-electron chi connectivity index (χ2n) is 3.52. The predicted molar refractivity (Wildman–Crippen MR) is 62.8 cm³/mol. The number of rotatable bonds is 5. The van der Waals surface area contributed by atoms with E-state index in [1.165, 1.54) is 0 Å². The lowest BCUT2D eigenvalue weighted by molar-refractivity contribution is -0.175. The minimum absolute atomic E-state index is 0.0162. The number of alkyl halides is 3. The van der Waals surface area contributed by atoms with Crippen LogP contribution in [-0.2, 0) is 4.74 Å². The van der Waals surface area contributed by atoms with Crippen molar-refractivity contribution in [2.24, 2.45) is 0 Å². The Hall–Kier alpha value is -0.590. The smallest absolute Gasteiger partial charge is 0.370 e. The third-order valence-corrected chi connectivity index (χ3v) is 2.70. The first-order valence-electron chi connectivity index (χ1n) is 4.99. The molecule has 0 aliphatic heterocycles. The van der Waals surface area contributed by atoms with Crippen LogP contribution in [0.4, 0.5) is 13.2 Å². The van der Waals surface area contributed by atoms with Crippen molar-refractivity contribution in [1.29, 1.82) is 0 Å². The van der Waals surface area contributed by atoms with Gasteiger partial charge in [-0.25, -0.2) is 0 Å². The van der Waals surface area contributed by atoms with Gasteiger partial charge >= 0.3 is 6.18 Å². The summed E-state index contributed by atoms with van der Waals surface area (Å²) in [6.45, 7) is -1.24. The zero-order valence-electron chi connectivity index (χ0n) is 9.22. The van der Waals surface area contributed by atoms with E-state index in [0.717, 1.165) is 10.0 Å². The van der Waals surface area contributed by atoms with E-state index in [9.17, 15) is 13.2 Å². The molecule has 17 heavy (non-hydrogen) atoms. The van der Waals surface area contributed by atoms with Crippen LogP contribution in [0, 0.1) is 0 Å². The van der Waals surface area contributed by atoms with Gasteiger partial charge in [0, 0.05) is 4.47 Å². The van der Waals surface area contributed by atoms with E-state index in [1.54, 1.807) is 7.05 Å². The van der Waals surface area contributed by atoms with E-state index < -0.39 is 12.8 Å². The van der Waals surface area contributed by atoms with Crippen LogP contribution < -0.4 is 5.32 Å². The van der Waals surface area contributed by atoms with Gasteiger partial charge < -0.3 is 10.1 Å². The second kappa shape index (κ2) is 6.37. The monoisotopic (exact) mass is 311 g/mol. The fourth-order valence-electron chi connectivity index (χ4n) is 1.33. The summed E-state index contributed by atoms with van der Waals surface area (Å²) < 4.78 is 41.3. The number of ether oxygens (including phenoxy) is 1. The Balaban J connectivity index is 2.51. The lowest BCUT2D eigenvalue weighted by Crippen LogP contribution is -2.25. The van der Waals surface area contributed by atoms with Crippen LogP contribution in [0.25, 0.3) is 0 Å². The van der Waals surface area contributed by atoms with Crippen molar-refractivity contribution < 1.29 is 17.9 Å². The van der Waals surface area contributed by atoms with Gasteiger partial charge in [0.15, 0.2) is 0 Å². The van der Waals surface area contributed by atoms with Gasteiger partial charge in [-0.3, -0.25) is 0 Å². The molecule has 96 valence electrons. The molecule has 2 nitrogen and oxygen atoms in total. The van der Waals surface area contributed by atoms with Gasteiger partial charge in [-0.2, -0.15) is 13.2 Å². The second-order valence-corrected chi connectivity index (χ2v) is 4.44. The van der Waals surface area contributed by atoms with Crippen LogP contribution in [0.15, 0.2) is 28.7 Å². The molecule has 1 unspecified atom stereocenters. The van der Waals surface area contributed by atoms with Crippen LogP contribution in [-0.4, -0.2) is 26.4 Å². The topological polar surface area (TPSA) is 21.3 Å². The first kappa shape index (κ1) is 14.5. The van der Waals surface area contributed by atoms with Crippen LogP contribution in [0.1, 0.15) is 11.6 Å². The maximum atomic E-state index is 11.9. The molecule has 1 N–H and O–H groups in total. The van der Waals surface area contributed by atoms with E-state index in [-0.39, 0.29) is 12.6 Å². The average Bonchev–Trinajstić information content (AvgIpc) is 2.24. The molecule has 0 fully saturated rings. The number of hydrogen-bond donors (Lipinski definition) is 1. The number of halogens is 4. The van der Waals surface area contributed by atoms with Gasteiger partial charge in [-0.15, -0.1) is 0 Å². The molecule has 0 amide bonds. The zero-order chi connectivity index (χ0) is 12.9. The van der Waals surface area contributed by atoms with Crippen molar-refractivity contribution >= 4 is 15.9 Å². The molecule has 1 aromatic rings.